The number of hydrogen-bond acceptors (Lipinski definition) is 6. The van der Waals surface area contributed by atoms with Gasteiger partial charge in [-0.25, -0.2) is 14.9 Å². The van der Waals surface area contributed by atoms with Gasteiger partial charge >= 0.3 is 5.69 Å². The number of anilines is 1. The first-order valence-corrected chi connectivity index (χ1v) is 7.78. The Morgan fingerprint density at radius 1 is 1.21 bits per heavy atom. The molecule has 2 aromatic rings. The Morgan fingerprint density at radius 2 is 2.04 bits per heavy atom. The first-order chi connectivity index (χ1) is 11.5. The van der Waals surface area contributed by atoms with E-state index in [2.05, 4.69) is 30.0 Å². The first-order valence-electron chi connectivity index (χ1n) is 7.78. The van der Waals surface area contributed by atoms with Crippen molar-refractivity contribution in [3.05, 3.63) is 39.1 Å². The number of nitrogens with one attached hydrogen (secondary N) is 3. The third-order valence-corrected chi connectivity index (χ3v) is 4.86. The van der Waals surface area contributed by atoms with Gasteiger partial charge in [-0.1, -0.05) is 0 Å². The Hall–Kier alpha value is -2.91. The minimum Gasteiger partial charge on any atom is -0.356 e. The molecule has 0 bridgehead atoms. The summed E-state index contributed by atoms with van der Waals surface area (Å²) in [5.74, 6) is 0.443. The third kappa shape index (κ3) is 2.49. The lowest BCUT2D eigenvalue weighted by Crippen LogP contribution is -2.35. The molecule has 0 aromatic carbocycles. The van der Waals surface area contributed by atoms with Gasteiger partial charge in [0.05, 0.1) is 6.33 Å². The second kappa shape index (κ2) is 5.32. The molecule has 4 rings (SSSR count). The SMILES string of the molecule is O=C(c1n[nH]c(=O)[nH]1)N1CCC2(CCN(c3cc(=O)[nH]cn3)C2)C1. The summed E-state index contributed by atoms with van der Waals surface area (Å²) in [6.07, 6.45) is 3.22. The van der Waals surface area contributed by atoms with Crippen LogP contribution in [-0.4, -0.2) is 62.1 Å². The van der Waals surface area contributed by atoms with Crippen molar-refractivity contribution >= 4 is 11.7 Å². The largest absolute Gasteiger partial charge is 0.356 e. The number of hydrogen-bond donors (Lipinski definition) is 3. The predicted octanol–water partition coefficient (Wildman–Crippen LogP) is -1.08. The Kier molecular flexibility index (Phi) is 3.25. The van der Waals surface area contributed by atoms with Gasteiger partial charge in [-0.2, -0.15) is 0 Å². The fourth-order valence-corrected chi connectivity index (χ4v) is 3.62. The highest BCUT2D eigenvalue weighted by Crippen LogP contribution is 2.40. The van der Waals surface area contributed by atoms with E-state index in [-0.39, 0.29) is 22.7 Å². The minimum absolute atomic E-state index is 0.00343. The molecule has 126 valence electrons. The van der Waals surface area contributed by atoms with Crippen LogP contribution in [0, 0.1) is 5.41 Å². The van der Waals surface area contributed by atoms with E-state index >= 15 is 0 Å². The van der Waals surface area contributed by atoms with Crippen LogP contribution in [0.25, 0.3) is 0 Å². The van der Waals surface area contributed by atoms with Crippen LogP contribution in [0.3, 0.4) is 0 Å². The highest BCUT2D eigenvalue weighted by atomic mass is 16.2. The molecule has 0 saturated carbocycles. The molecule has 2 saturated heterocycles. The maximum Gasteiger partial charge on any atom is 0.341 e. The number of aromatic amines is 3. The number of rotatable bonds is 2. The Labute approximate surface area is 135 Å². The molecule has 2 aliphatic heterocycles. The van der Waals surface area contributed by atoms with Crippen LogP contribution in [0.4, 0.5) is 5.82 Å². The van der Waals surface area contributed by atoms with E-state index in [1.165, 1.54) is 12.4 Å². The van der Waals surface area contributed by atoms with Gasteiger partial charge in [0.25, 0.3) is 11.5 Å². The molecular formula is C14H17N7O3. The van der Waals surface area contributed by atoms with Crippen molar-refractivity contribution in [1.29, 1.82) is 0 Å². The van der Waals surface area contributed by atoms with Crippen molar-refractivity contribution in [2.45, 2.75) is 12.8 Å². The minimum atomic E-state index is -0.486. The zero-order chi connectivity index (χ0) is 16.7. The smallest absolute Gasteiger partial charge is 0.341 e. The molecule has 3 N–H and O–H groups in total. The molecular weight excluding hydrogens is 314 g/mol. The number of amides is 1. The zero-order valence-electron chi connectivity index (χ0n) is 12.9. The van der Waals surface area contributed by atoms with Crippen molar-refractivity contribution in [3.8, 4) is 0 Å². The van der Waals surface area contributed by atoms with Gasteiger partial charge in [0.1, 0.15) is 5.82 Å². The van der Waals surface area contributed by atoms with Crippen molar-refractivity contribution in [2.24, 2.45) is 5.41 Å². The second-order valence-electron chi connectivity index (χ2n) is 6.44. The van der Waals surface area contributed by atoms with Crippen LogP contribution >= 0.6 is 0 Å². The van der Waals surface area contributed by atoms with Crippen LogP contribution in [0.15, 0.2) is 22.0 Å². The fourth-order valence-electron chi connectivity index (χ4n) is 3.62. The van der Waals surface area contributed by atoms with Gasteiger partial charge in [-0.3, -0.25) is 14.6 Å². The zero-order valence-corrected chi connectivity index (χ0v) is 12.9. The summed E-state index contributed by atoms with van der Waals surface area (Å²) in [6, 6.07) is 1.49. The van der Waals surface area contributed by atoms with Crippen molar-refractivity contribution in [1.82, 2.24) is 30.0 Å². The molecule has 1 amide bonds. The van der Waals surface area contributed by atoms with Crippen molar-refractivity contribution < 1.29 is 4.79 Å². The topological polar surface area (TPSA) is 131 Å². The molecule has 2 fully saturated rings. The maximum absolute atomic E-state index is 12.4. The molecule has 2 aromatic heterocycles. The highest BCUT2D eigenvalue weighted by Gasteiger charge is 2.45. The Bertz CT molecular complexity index is 884. The number of H-pyrrole nitrogens is 3. The van der Waals surface area contributed by atoms with Gasteiger partial charge in [-0.15, -0.1) is 5.10 Å². The average molecular weight is 331 g/mol. The predicted molar refractivity (Wildman–Crippen MR) is 83.8 cm³/mol. The molecule has 0 radical (unpaired) electrons. The lowest BCUT2D eigenvalue weighted by Gasteiger charge is -2.24. The monoisotopic (exact) mass is 331 g/mol. The van der Waals surface area contributed by atoms with E-state index in [0.29, 0.717) is 18.9 Å². The molecule has 0 aliphatic carbocycles. The summed E-state index contributed by atoms with van der Waals surface area (Å²) in [5.41, 5.74) is -0.664. The fraction of sp³-hybridized carbons (Fsp3) is 0.500. The van der Waals surface area contributed by atoms with Crippen LogP contribution in [0.2, 0.25) is 0 Å². The van der Waals surface area contributed by atoms with Crippen LogP contribution in [-0.2, 0) is 0 Å². The van der Waals surface area contributed by atoms with Crippen LogP contribution < -0.4 is 16.1 Å². The normalized spacial score (nSPS) is 23.3. The molecule has 2 aliphatic rings. The van der Waals surface area contributed by atoms with Gasteiger partial charge in [0.2, 0.25) is 5.82 Å². The summed E-state index contributed by atoms with van der Waals surface area (Å²) in [4.78, 5) is 47.9. The first kappa shape index (κ1) is 14.7. The molecule has 10 heteroatoms. The summed E-state index contributed by atoms with van der Waals surface area (Å²) < 4.78 is 0. The lowest BCUT2D eigenvalue weighted by atomic mass is 9.86. The molecule has 10 nitrogen and oxygen atoms in total. The van der Waals surface area contributed by atoms with Crippen molar-refractivity contribution in [3.63, 3.8) is 0 Å². The van der Waals surface area contributed by atoms with Gasteiger partial charge in [0.15, 0.2) is 0 Å². The van der Waals surface area contributed by atoms with Crippen LogP contribution in [0.1, 0.15) is 23.5 Å². The summed E-state index contributed by atoms with van der Waals surface area (Å²) in [7, 11) is 0. The quantitative estimate of drug-likeness (QED) is 0.642. The molecule has 1 atom stereocenters. The van der Waals surface area contributed by atoms with Crippen LogP contribution in [0.5, 0.6) is 0 Å². The van der Waals surface area contributed by atoms with E-state index in [1.54, 1.807) is 4.90 Å². The van der Waals surface area contributed by atoms with E-state index in [4.69, 9.17) is 0 Å². The Morgan fingerprint density at radius 3 is 2.79 bits per heavy atom. The second-order valence-corrected chi connectivity index (χ2v) is 6.44. The summed E-state index contributed by atoms with van der Waals surface area (Å²) in [6.45, 7) is 2.80. The Balaban J connectivity index is 1.47. The van der Waals surface area contributed by atoms with Crippen molar-refractivity contribution in [2.75, 3.05) is 31.1 Å². The average Bonchev–Trinajstić information content (AvgIpc) is 3.28. The van der Waals surface area contributed by atoms with Gasteiger partial charge in [0, 0.05) is 37.7 Å². The molecule has 1 spiro atoms. The van der Waals surface area contributed by atoms with E-state index < -0.39 is 5.69 Å². The number of carbonyl (C=O) groups excluding carboxylic acids is 1. The molecule has 4 heterocycles. The van der Waals surface area contributed by atoms with E-state index in [1.807, 2.05) is 0 Å². The lowest BCUT2D eigenvalue weighted by molar-refractivity contribution is 0.0764. The molecule has 1 unspecified atom stereocenters. The van der Waals surface area contributed by atoms with Gasteiger partial charge < -0.3 is 14.8 Å². The highest BCUT2D eigenvalue weighted by molar-refractivity contribution is 5.90. The van der Waals surface area contributed by atoms with E-state index in [9.17, 15) is 14.4 Å². The third-order valence-electron chi connectivity index (χ3n) is 4.86. The number of aromatic nitrogens is 5. The van der Waals surface area contributed by atoms with E-state index in [0.717, 1.165) is 25.9 Å². The van der Waals surface area contributed by atoms with Gasteiger partial charge in [-0.05, 0) is 12.8 Å². The standard InChI is InChI=1S/C14H17N7O3/c22-10-5-9(15-8-16-10)20-3-1-14(6-20)2-4-21(7-14)12(23)11-17-13(24)19-18-11/h5,8H,1-4,6-7H2,(H,15,16,22)(H2,17,18,19,24). The summed E-state index contributed by atoms with van der Waals surface area (Å²) in [5, 5.41) is 5.91. The number of carbonyl (C=O) groups is 1. The number of nitrogens with zero attached hydrogens (tertiary/aromatic N) is 4. The molecule has 24 heavy (non-hydrogen) atoms. The summed E-state index contributed by atoms with van der Waals surface area (Å²) >= 11 is 0. The maximum atomic E-state index is 12.4. The number of likely N-dealkylation sites (tertiary alicyclic amines) is 1.